The van der Waals surface area contributed by atoms with Crippen LogP contribution >= 0.6 is 11.3 Å². The van der Waals surface area contributed by atoms with Gasteiger partial charge in [0.15, 0.2) is 17.4 Å². The number of piperazine rings is 1. The number of nitrogens with zero attached hydrogens (tertiary/aromatic N) is 5. The lowest BCUT2D eigenvalue weighted by Crippen LogP contribution is -2.57. The van der Waals surface area contributed by atoms with Crippen LogP contribution in [-0.4, -0.2) is 94.8 Å². The number of ether oxygens (including phenoxy) is 4. The maximum atomic E-state index is 17.3. The number of hydrogen-bond donors (Lipinski definition) is 2. The van der Waals surface area contributed by atoms with Gasteiger partial charge in [-0.2, -0.15) is 15.2 Å². The van der Waals surface area contributed by atoms with Gasteiger partial charge in [0, 0.05) is 24.9 Å². The summed E-state index contributed by atoms with van der Waals surface area (Å²) in [7, 11) is 1.13. The van der Waals surface area contributed by atoms with Gasteiger partial charge >= 0.3 is 18.2 Å². The lowest BCUT2D eigenvalue weighted by molar-refractivity contribution is 0.0110. The number of thiophene rings is 1. The predicted octanol–water partition coefficient (Wildman–Crippen LogP) is 8.14. The average molecular weight is 833 g/mol. The monoisotopic (exact) mass is 832 g/mol. The Morgan fingerprint density at radius 2 is 1.66 bits per heavy atom. The molecule has 2 aromatic heterocycles. The summed E-state index contributed by atoms with van der Waals surface area (Å²) in [5, 5.41) is 21.9. The summed E-state index contributed by atoms with van der Waals surface area (Å²) >= 11 is 0.659. The number of rotatable bonds is 8. The van der Waals surface area contributed by atoms with Crippen LogP contribution in [0.25, 0.3) is 32.1 Å². The summed E-state index contributed by atoms with van der Waals surface area (Å²) in [6.45, 7) is 8.68. The molecule has 2 bridgehead atoms. The van der Waals surface area contributed by atoms with Crippen molar-refractivity contribution in [3.05, 3.63) is 35.1 Å². The minimum absolute atomic E-state index is 0.0797. The number of nitrogens with one attached hydrogen (secondary N) is 1. The highest BCUT2D eigenvalue weighted by atomic mass is 32.1. The lowest BCUT2D eigenvalue weighted by atomic mass is 9.96. The fraction of sp³-hybridized carbons (Fsp3) is 0.513. The average Bonchev–Trinajstić information content (AvgIpc) is 3.33. The van der Waals surface area contributed by atoms with E-state index in [1.807, 2.05) is 6.07 Å². The molecule has 58 heavy (non-hydrogen) atoms. The van der Waals surface area contributed by atoms with Crippen LogP contribution in [0.15, 0.2) is 12.1 Å². The minimum atomic E-state index is -3.24. The van der Waals surface area contributed by atoms with Crippen molar-refractivity contribution in [3.8, 4) is 29.0 Å². The van der Waals surface area contributed by atoms with Crippen molar-refractivity contribution in [1.82, 2.24) is 14.9 Å². The molecular weight excluding hydrogens is 792 g/mol. The van der Waals surface area contributed by atoms with Crippen molar-refractivity contribution in [2.24, 2.45) is 5.41 Å². The normalized spacial score (nSPS) is 21.2. The van der Waals surface area contributed by atoms with E-state index in [1.165, 1.54) is 0 Å². The molecule has 3 unspecified atom stereocenters. The number of carbonyl (C=O) groups is 2. The van der Waals surface area contributed by atoms with Crippen molar-refractivity contribution in [1.29, 1.82) is 5.26 Å². The van der Waals surface area contributed by atoms with Gasteiger partial charge < -0.3 is 29.0 Å². The van der Waals surface area contributed by atoms with Crippen LogP contribution in [0.5, 0.6) is 11.8 Å². The number of halogens is 5. The first-order valence-electron chi connectivity index (χ1n) is 18.4. The molecule has 1 aliphatic carbocycles. The molecule has 1 saturated carbocycles. The van der Waals surface area contributed by atoms with E-state index in [4.69, 9.17) is 18.9 Å². The Labute approximate surface area is 333 Å². The highest BCUT2D eigenvalue weighted by molar-refractivity contribution is 7.23. The number of hydrogen-bond acceptors (Lipinski definition) is 12. The number of aromatic nitrogens is 2. The Morgan fingerprint density at radius 3 is 2.21 bits per heavy atom. The summed E-state index contributed by atoms with van der Waals surface area (Å²) < 4.78 is 101. The molecule has 13 nitrogen and oxygen atoms in total. The molecule has 3 fully saturated rings. The largest absolute Gasteiger partial charge is 0.493 e. The van der Waals surface area contributed by atoms with Gasteiger partial charge in [-0.15, -0.1) is 11.3 Å². The number of nitriles is 1. The maximum Gasteiger partial charge on any atom is 0.412 e. The molecular formula is C39H41F5N6O7S. The first-order chi connectivity index (χ1) is 27.1. The van der Waals surface area contributed by atoms with E-state index in [9.17, 15) is 28.7 Å². The highest BCUT2D eigenvalue weighted by Gasteiger charge is 2.71. The number of aliphatic hydroxyl groups excluding tert-OH is 1. The number of amides is 2. The van der Waals surface area contributed by atoms with Gasteiger partial charge in [0.2, 0.25) is 0 Å². The number of fused-ring (bicyclic) bond motifs is 4. The van der Waals surface area contributed by atoms with Crippen molar-refractivity contribution in [3.63, 3.8) is 0 Å². The summed E-state index contributed by atoms with van der Waals surface area (Å²) in [4.78, 5) is 38.0. The van der Waals surface area contributed by atoms with Crippen LogP contribution in [0.1, 0.15) is 66.4 Å². The van der Waals surface area contributed by atoms with E-state index in [1.54, 1.807) is 51.3 Å². The second-order valence-corrected chi connectivity index (χ2v) is 17.7. The van der Waals surface area contributed by atoms with Gasteiger partial charge in [-0.05, 0) is 66.0 Å². The standard InChI is InChI=1S/C39H41F5N6O7S/c1-36(2,3)56-34(52)48-32-21(12-45)23-20(10-11-22(40)30(23)58-32)24-26(41)28-25(29(54-7)27(24)42)31(47-33(46-28)55-17-38(16-51)15-39(38,43)44)49-13-18-8-9-19(14-49)50(18)35(53)57-37(4,5)6/h10-11,18-19,51H,8-9,13-17H2,1-7H3,(H,48,52). The van der Waals surface area contributed by atoms with Crippen molar-refractivity contribution in [2.75, 3.05) is 43.6 Å². The van der Waals surface area contributed by atoms with Crippen LogP contribution in [0.4, 0.5) is 42.4 Å². The van der Waals surface area contributed by atoms with Crippen molar-refractivity contribution >= 4 is 55.3 Å². The first-order valence-corrected chi connectivity index (χ1v) is 19.2. The van der Waals surface area contributed by atoms with Crippen molar-refractivity contribution in [2.45, 2.75) is 90.0 Å². The molecule has 4 aromatic rings. The zero-order chi connectivity index (χ0) is 42.3. The fourth-order valence-corrected chi connectivity index (χ4v) is 8.64. The molecule has 2 N–H and O–H groups in total. The third kappa shape index (κ3) is 7.14. The Hall–Kier alpha value is -5.22. The summed E-state index contributed by atoms with van der Waals surface area (Å²) in [6, 6.07) is 2.56. The van der Waals surface area contributed by atoms with Crippen molar-refractivity contribution < 1.29 is 55.6 Å². The molecule has 19 heteroatoms. The van der Waals surface area contributed by atoms with E-state index in [2.05, 4.69) is 15.3 Å². The van der Waals surface area contributed by atoms with Gasteiger partial charge in [-0.25, -0.2) is 31.5 Å². The molecule has 4 heterocycles. The first kappa shape index (κ1) is 41.0. The number of alkyl halides is 2. The maximum absolute atomic E-state index is 17.3. The fourth-order valence-electron chi connectivity index (χ4n) is 7.57. The number of aliphatic hydroxyl groups is 1. The second kappa shape index (κ2) is 14.3. The third-order valence-corrected chi connectivity index (χ3v) is 11.4. The molecule has 7 rings (SSSR count). The quantitative estimate of drug-likeness (QED) is 0.165. The van der Waals surface area contributed by atoms with Crippen LogP contribution in [0, 0.1) is 34.2 Å². The number of anilines is 2. The van der Waals surface area contributed by atoms with Gasteiger partial charge in [-0.1, -0.05) is 6.07 Å². The van der Waals surface area contributed by atoms with Gasteiger partial charge in [0.25, 0.3) is 5.92 Å². The van der Waals surface area contributed by atoms with Crippen LogP contribution in [0.2, 0.25) is 0 Å². The van der Waals surface area contributed by atoms with Crippen LogP contribution in [-0.2, 0) is 9.47 Å². The van der Waals surface area contributed by atoms with E-state index in [-0.39, 0.29) is 50.5 Å². The molecule has 310 valence electrons. The second-order valence-electron chi connectivity index (χ2n) is 16.7. The summed E-state index contributed by atoms with van der Waals surface area (Å²) in [5.41, 5.74) is -5.55. The third-order valence-electron chi connectivity index (χ3n) is 10.3. The summed E-state index contributed by atoms with van der Waals surface area (Å²) in [5.74, 6) is -7.27. The number of benzene rings is 2. The van der Waals surface area contributed by atoms with Gasteiger partial charge in [-0.3, -0.25) is 10.2 Å². The predicted molar refractivity (Wildman–Crippen MR) is 203 cm³/mol. The van der Waals surface area contributed by atoms with E-state index >= 15 is 13.2 Å². The minimum Gasteiger partial charge on any atom is -0.493 e. The molecule has 2 saturated heterocycles. The Balaban J connectivity index is 1.40. The molecule has 2 aliphatic heterocycles. The highest BCUT2D eigenvalue weighted by Crippen LogP contribution is 2.60. The summed E-state index contributed by atoms with van der Waals surface area (Å²) in [6.07, 6.45) is -0.977. The zero-order valence-corrected chi connectivity index (χ0v) is 33.5. The Morgan fingerprint density at radius 1 is 1.02 bits per heavy atom. The zero-order valence-electron chi connectivity index (χ0n) is 32.7. The molecule has 2 amide bonds. The van der Waals surface area contributed by atoms with Gasteiger partial charge in [0.05, 0.1) is 52.4 Å². The Kier molecular flexibility index (Phi) is 10.1. The topological polar surface area (TPSA) is 159 Å². The van der Waals surface area contributed by atoms with Crippen LogP contribution in [0.3, 0.4) is 0 Å². The lowest BCUT2D eigenvalue weighted by Gasteiger charge is -2.42. The number of carbonyl (C=O) groups excluding carboxylic acids is 2. The molecule has 3 atom stereocenters. The van der Waals surface area contributed by atoms with Gasteiger partial charge in [0.1, 0.15) is 46.0 Å². The van der Waals surface area contributed by atoms with Crippen LogP contribution < -0.4 is 19.7 Å². The molecule has 0 radical (unpaired) electrons. The number of methoxy groups -OCH3 is 1. The Bertz CT molecular complexity index is 2380. The van der Waals surface area contributed by atoms with E-state index < -0.39 is 107 Å². The molecule has 2 aromatic carbocycles. The molecule has 3 aliphatic rings. The smallest absolute Gasteiger partial charge is 0.412 e. The SMILES string of the molecule is COc1c(F)c(-c2ccc(F)c3sc(NC(=O)OC(C)(C)C)c(C#N)c23)c(F)c2nc(OCC3(CO)CC3(F)F)nc(N3CC4CCC(C3)N4C(=O)OC(C)(C)C)c12. The van der Waals surface area contributed by atoms with E-state index in [0.717, 1.165) is 19.2 Å². The van der Waals surface area contributed by atoms with E-state index in [0.29, 0.717) is 24.2 Å². The molecule has 0 spiro atoms.